The van der Waals surface area contributed by atoms with Crippen molar-refractivity contribution in [1.29, 1.82) is 0 Å². The van der Waals surface area contributed by atoms with E-state index in [0.717, 1.165) is 17.7 Å². The fraction of sp³-hybridized carbons (Fsp3) is 0.286. The van der Waals surface area contributed by atoms with Gasteiger partial charge in [-0.25, -0.2) is 9.18 Å². The largest absolute Gasteiger partial charge is 0.325 e. The topological polar surface area (TPSA) is 66.5 Å². The molecule has 0 radical (unpaired) electrons. The molecule has 3 amide bonds. The van der Waals surface area contributed by atoms with Crippen molar-refractivity contribution in [2.75, 3.05) is 6.54 Å². The van der Waals surface area contributed by atoms with Gasteiger partial charge in [0, 0.05) is 5.56 Å². The van der Waals surface area contributed by atoms with Gasteiger partial charge in [0.15, 0.2) is 5.78 Å². The highest BCUT2D eigenvalue weighted by Crippen LogP contribution is 2.34. The average Bonchev–Trinajstić information content (AvgIpc) is 2.92. The maximum absolute atomic E-state index is 13.2. The Bertz CT molecular complexity index is 851. The van der Waals surface area contributed by atoms with E-state index in [1.165, 1.54) is 24.3 Å². The van der Waals surface area contributed by atoms with Gasteiger partial charge >= 0.3 is 6.03 Å². The van der Waals surface area contributed by atoms with E-state index in [0.29, 0.717) is 12.0 Å². The molecule has 0 aromatic heterocycles. The van der Waals surface area contributed by atoms with Crippen LogP contribution in [-0.2, 0) is 10.3 Å². The van der Waals surface area contributed by atoms with E-state index in [4.69, 9.17) is 0 Å². The van der Waals surface area contributed by atoms with E-state index in [2.05, 4.69) is 5.32 Å². The second-order valence-electron chi connectivity index (χ2n) is 6.63. The Kier molecular flexibility index (Phi) is 5.35. The van der Waals surface area contributed by atoms with Crippen LogP contribution in [-0.4, -0.2) is 29.2 Å². The zero-order valence-corrected chi connectivity index (χ0v) is 15.1. The summed E-state index contributed by atoms with van der Waals surface area (Å²) in [5.74, 6) is -1.30. The van der Waals surface area contributed by atoms with Crippen molar-refractivity contribution in [3.05, 3.63) is 71.5 Å². The van der Waals surface area contributed by atoms with Crippen LogP contribution in [0.15, 0.2) is 54.6 Å². The van der Waals surface area contributed by atoms with Gasteiger partial charge in [-0.15, -0.1) is 0 Å². The van der Waals surface area contributed by atoms with E-state index < -0.39 is 29.1 Å². The lowest BCUT2D eigenvalue weighted by molar-refractivity contribution is -0.131. The van der Waals surface area contributed by atoms with Gasteiger partial charge in [-0.05, 0) is 36.2 Å². The number of hydrogen-bond acceptors (Lipinski definition) is 3. The third-order valence-corrected chi connectivity index (χ3v) is 4.82. The lowest BCUT2D eigenvalue weighted by atomic mass is 9.85. The molecule has 0 bridgehead atoms. The van der Waals surface area contributed by atoms with E-state index in [-0.39, 0.29) is 12.1 Å². The Morgan fingerprint density at radius 3 is 2.37 bits per heavy atom. The van der Waals surface area contributed by atoms with Gasteiger partial charge in [0.05, 0.1) is 6.54 Å². The first-order chi connectivity index (χ1) is 13.0. The van der Waals surface area contributed by atoms with Crippen molar-refractivity contribution in [3.8, 4) is 0 Å². The molecule has 27 heavy (non-hydrogen) atoms. The predicted molar refractivity (Wildman–Crippen MR) is 98.6 cm³/mol. The van der Waals surface area contributed by atoms with Crippen LogP contribution < -0.4 is 5.32 Å². The highest BCUT2D eigenvalue weighted by atomic mass is 19.1. The molecule has 1 fully saturated rings. The van der Waals surface area contributed by atoms with Crippen LogP contribution in [0.5, 0.6) is 0 Å². The van der Waals surface area contributed by atoms with Crippen LogP contribution in [0.2, 0.25) is 0 Å². The number of rotatable bonds is 7. The number of unbranched alkanes of at least 4 members (excludes halogenated alkanes) is 1. The molecule has 5 nitrogen and oxygen atoms in total. The fourth-order valence-corrected chi connectivity index (χ4v) is 3.31. The Morgan fingerprint density at radius 1 is 1.07 bits per heavy atom. The number of urea groups is 1. The van der Waals surface area contributed by atoms with Crippen LogP contribution in [0.1, 0.15) is 42.1 Å². The van der Waals surface area contributed by atoms with Gasteiger partial charge in [-0.2, -0.15) is 0 Å². The molecule has 1 aliphatic heterocycles. The number of nitrogens with zero attached hydrogens (tertiary/aromatic N) is 1. The Morgan fingerprint density at radius 2 is 1.74 bits per heavy atom. The molecule has 0 aliphatic carbocycles. The standard InChI is InChI=1S/C21H21FN2O3/c1-2-3-13-21(16-7-5-4-6-8-16)19(26)24(20(27)23-21)14-18(25)15-9-11-17(22)12-10-15/h4-12H,2-3,13-14H2,1H3,(H,23,27). The van der Waals surface area contributed by atoms with Gasteiger partial charge in [0.2, 0.25) is 0 Å². The van der Waals surface area contributed by atoms with E-state index in [1.54, 1.807) is 12.1 Å². The molecule has 140 valence electrons. The van der Waals surface area contributed by atoms with Crippen molar-refractivity contribution in [2.45, 2.75) is 31.7 Å². The molecule has 1 heterocycles. The number of ketones is 1. The predicted octanol–water partition coefficient (Wildman–Crippen LogP) is 3.65. The van der Waals surface area contributed by atoms with E-state index in [9.17, 15) is 18.8 Å². The van der Waals surface area contributed by atoms with Gasteiger partial charge in [-0.1, -0.05) is 50.1 Å². The monoisotopic (exact) mass is 368 g/mol. The summed E-state index contributed by atoms with van der Waals surface area (Å²) in [7, 11) is 0. The number of benzene rings is 2. The first-order valence-electron chi connectivity index (χ1n) is 8.96. The van der Waals surface area contributed by atoms with Crippen LogP contribution in [0.3, 0.4) is 0 Å². The van der Waals surface area contributed by atoms with Gasteiger partial charge < -0.3 is 5.32 Å². The third-order valence-electron chi connectivity index (χ3n) is 4.82. The summed E-state index contributed by atoms with van der Waals surface area (Å²) < 4.78 is 13.0. The molecule has 3 rings (SSSR count). The highest BCUT2D eigenvalue weighted by Gasteiger charge is 2.52. The highest BCUT2D eigenvalue weighted by molar-refractivity contribution is 6.11. The molecule has 6 heteroatoms. The normalized spacial score (nSPS) is 19.3. The molecule has 2 aromatic rings. The second-order valence-corrected chi connectivity index (χ2v) is 6.63. The Hall–Kier alpha value is -3.02. The molecule has 1 aliphatic rings. The minimum absolute atomic E-state index is 0.253. The quantitative estimate of drug-likeness (QED) is 0.599. The van der Waals surface area contributed by atoms with Crippen molar-refractivity contribution in [3.63, 3.8) is 0 Å². The zero-order valence-electron chi connectivity index (χ0n) is 15.1. The number of amides is 3. The first kappa shape index (κ1) is 18.8. The summed E-state index contributed by atoms with van der Waals surface area (Å²) in [5, 5.41) is 2.81. The van der Waals surface area contributed by atoms with Crippen LogP contribution in [0.25, 0.3) is 0 Å². The maximum atomic E-state index is 13.2. The average molecular weight is 368 g/mol. The van der Waals surface area contributed by atoms with E-state index >= 15 is 0 Å². The number of halogens is 1. The van der Waals surface area contributed by atoms with Gasteiger partial charge in [0.1, 0.15) is 11.4 Å². The number of hydrogen-bond donors (Lipinski definition) is 1. The van der Waals surface area contributed by atoms with Gasteiger partial charge in [0.25, 0.3) is 5.91 Å². The summed E-state index contributed by atoms with van der Waals surface area (Å²) >= 11 is 0. The number of carbonyl (C=O) groups excluding carboxylic acids is 3. The summed E-state index contributed by atoms with van der Waals surface area (Å²) in [6, 6.07) is 13.5. The molecular weight excluding hydrogens is 347 g/mol. The molecule has 0 saturated carbocycles. The summed E-state index contributed by atoms with van der Waals surface area (Å²) in [5.41, 5.74) is -0.200. The summed E-state index contributed by atoms with van der Waals surface area (Å²) in [6.07, 6.45) is 2.08. The minimum Gasteiger partial charge on any atom is -0.319 e. The zero-order chi connectivity index (χ0) is 19.4. The SMILES string of the molecule is CCCCC1(c2ccccc2)NC(=O)N(CC(=O)c2ccc(F)cc2)C1=O. The first-order valence-corrected chi connectivity index (χ1v) is 8.96. The number of imide groups is 1. The molecule has 1 N–H and O–H groups in total. The maximum Gasteiger partial charge on any atom is 0.325 e. The van der Waals surface area contributed by atoms with Crippen molar-refractivity contribution in [1.82, 2.24) is 10.2 Å². The minimum atomic E-state index is -1.16. The summed E-state index contributed by atoms with van der Waals surface area (Å²) in [6.45, 7) is 1.63. The lowest BCUT2D eigenvalue weighted by Gasteiger charge is -2.27. The fourth-order valence-electron chi connectivity index (χ4n) is 3.31. The van der Waals surface area contributed by atoms with Crippen LogP contribution >= 0.6 is 0 Å². The molecule has 1 saturated heterocycles. The third kappa shape index (κ3) is 3.60. The Labute approximate surface area is 157 Å². The van der Waals surface area contributed by atoms with Crippen molar-refractivity contribution in [2.24, 2.45) is 0 Å². The second kappa shape index (κ2) is 7.70. The molecule has 1 atom stereocenters. The van der Waals surface area contributed by atoms with E-state index in [1.807, 2.05) is 25.1 Å². The number of carbonyl (C=O) groups is 3. The summed E-state index contributed by atoms with van der Waals surface area (Å²) in [4.78, 5) is 39.2. The number of nitrogens with one attached hydrogen (secondary N) is 1. The molecule has 1 unspecified atom stereocenters. The van der Waals surface area contributed by atoms with Crippen molar-refractivity contribution < 1.29 is 18.8 Å². The molecule has 2 aromatic carbocycles. The molecule has 0 spiro atoms. The molecular formula is C21H21FN2O3. The lowest BCUT2D eigenvalue weighted by Crippen LogP contribution is -2.44. The smallest absolute Gasteiger partial charge is 0.319 e. The van der Waals surface area contributed by atoms with Gasteiger partial charge in [-0.3, -0.25) is 14.5 Å². The Balaban J connectivity index is 1.87. The number of Topliss-reactive ketones (excluding diaryl/α,β-unsaturated/α-hetero) is 1. The van der Waals surface area contributed by atoms with Crippen LogP contribution in [0, 0.1) is 5.82 Å². The van der Waals surface area contributed by atoms with Crippen molar-refractivity contribution >= 4 is 17.7 Å². The van der Waals surface area contributed by atoms with Crippen LogP contribution in [0.4, 0.5) is 9.18 Å².